The number of nitrogens with one attached hydrogen (secondary N) is 2. The molecule has 110 valence electrons. The van der Waals surface area contributed by atoms with Gasteiger partial charge in [0.2, 0.25) is 0 Å². The van der Waals surface area contributed by atoms with Crippen molar-refractivity contribution in [1.29, 1.82) is 0 Å². The van der Waals surface area contributed by atoms with E-state index >= 15 is 0 Å². The molecule has 0 aliphatic heterocycles. The number of pyridine rings is 1. The molecule has 0 aliphatic carbocycles. The minimum absolute atomic E-state index is 0.156. The van der Waals surface area contributed by atoms with Crippen LogP contribution in [0.2, 0.25) is 0 Å². The summed E-state index contributed by atoms with van der Waals surface area (Å²) in [5.74, 6) is 0.614. The standard InChI is InChI=1S/C16H19N3OS/c1-11(2)18-15-8-7-12(10-17-15)16(20)19-13-5-4-6-14(9-13)21-3/h4-11H,1-3H3,(H,17,18)(H,19,20). The number of thioether (sulfide) groups is 1. The van der Waals surface area contributed by atoms with E-state index in [2.05, 4.69) is 15.6 Å². The van der Waals surface area contributed by atoms with E-state index in [4.69, 9.17) is 0 Å². The van der Waals surface area contributed by atoms with Crippen molar-refractivity contribution in [3.8, 4) is 0 Å². The van der Waals surface area contributed by atoms with Gasteiger partial charge >= 0.3 is 0 Å². The second kappa shape index (κ2) is 7.13. The summed E-state index contributed by atoms with van der Waals surface area (Å²) in [5, 5.41) is 6.07. The van der Waals surface area contributed by atoms with Gasteiger partial charge in [-0.25, -0.2) is 4.98 Å². The third-order valence-electron chi connectivity index (χ3n) is 2.79. The van der Waals surface area contributed by atoms with Gasteiger partial charge in [0, 0.05) is 22.8 Å². The van der Waals surface area contributed by atoms with Gasteiger partial charge in [0.1, 0.15) is 5.82 Å². The summed E-state index contributed by atoms with van der Waals surface area (Å²) in [6.07, 6.45) is 3.59. The van der Waals surface area contributed by atoms with E-state index in [0.29, 0.717) is 11.6 Å². The van der Waals surface area contributed by atoms with Crippen LogP contribution in [0.1, 0.15) is 24.2 Å². The lowest BCUT2D eigenvalue weighted by Gasteiger charge is -2.10. The van der Waals surface area contributed by atoms with Crippen LogP contribution >= 0.6 is 11.8 Å². The number of nitrogens with zero attached hydrogens (tertiary/aromatic N) is 1. The van der Waals surface area contributed by atoms with Crippen molar-refractivity contribution in [3.63, 3.8) is 0 Å². The smallest absolute Gasteiger partial charge is 0.257 e. The molecular weight excluding hydrogens is 282 g/mol. The number of anilines is 2. The molecule has 1 heterocycles. The van der Waals surface area contributed by atoms with E-state index in [1.54, 1.807) is 24.0 Å². The number of rotatable bonds is 5. The van der Waals surface area contributed by atoms with Crippen LogP contribution < -0.4 is 10.6 Å². The van der Waals surface area contributed by atoms with Gasteiger partial charge in [0.15, 0.2) is 0 Å². The molecule has 0 bridgehead atoms. The van der Waals surface area contributed by atoms with E-state index < -0.39 is 0 Å². The third kappa shape index (κ3) is 4.49. The Labute approximate surface area is 129 Å². The van der Waals surface area contributed by atoms with Crippen molar-refractivity contribution in [2.75, 3.05) is 16.9 Å². The molecule has 2 aromatic rings. The van der Waals surface area contributed by atoms with Gasteiger partial charge in [-0.15, -0.1) is 11.8 Å². The van der Waals surface area contributed by atoms with Crippen LogP contribution in [0.4, 0.5) is 11.5 Å². The first-order valence-electron chi connectivity index (χ1n) is 6.76. The van der Waals surface area contributed by atoms with E-state index in [0.717, 1.165) is 16.4 Å². The highest BCUT2D eigenvalue weighted by Crippen LogP contribution is 2.19. The molecule has 1 amide bonds. The van der Waals surface area contributed by atoms with Crippen LogP contribution in [-0.2, 0) is 0 Å². The van der Waals surface area contributed by atoms with Crippen molar-refractivity contribution in [2.24, 2.45) is 0 Å². The number of benzene rings is 1. The van der Waals surface area contributed by atoms with Crippen molar-refractivity contribution in [3.05, 3.63) is 48.2 Å². The molecule has 0 unspecified atom stereocenters. The van der Waals surface area contributed by atoms with Gasteiger partial charge in [0.05, 0.1) is 5.56 Å². The molecule has 2 N–H and O–H groups in total. The van der Waals surface area contributed by atoms with Crippen LogP contribution in [0.3, 0.4) is 0 Å². The van der Waals surface area contributed by atoms with Crippen LogP contribution in [0.25, 0.3) is 0 Å². The molecule has 0 fully saturated rings. The Morgan fingerprint density at radius 2 is 2.05 bits per heavy atom. The number of hydrogen-bond acceptors (Lipinski definition) is 4. The largest absolute Gasteiger partial charge is 0.368 e. The average Bonchev–Trinajstić information content (AvgIpc) is 2.47. The second-order valence-corrected chi connectivity index (χ2v) is 5.80. The van der Waals surface area contributed by atoms with Crippen molar-refractivity contribution in [1.82, 2.24) is 4.98 Å². The van der Waals surface area contributed by atoms with E-state index in [1.807, 2.05) is 50.4 Å². The second-order valence-electron chi connectivity index (χ2n) is 4.92. The Morgan fingerprint density at radius 3 is 2.67 bits per heavy atom. The minimum atomic E-state index is -0.156. The van der Waals surface area contributed by atoms with Crippen molar-refractivity contribution in [2.45, 2.75) is 24.8 Å². The van der Waals surface area contributed by atoms with Gasteiger partial charge in [0.25, 0.3) is 5.91 Å². The SMILES string of the molecule is CSc1cccc(NC(=O)c2ccc(NC(C)C)nc2)c1. The molecule has 1 aromatic heterocycles. The zero-order valence-corrected chi connectivity index (χ0v) is 13.2. The Hall–Kier alpha value is -2.01. The highest BCUT2D eigenvalue weighted by molar-refractivity contribution is 7.98. The molecule has 0 aliphatic rings. The maximum absolute atomic E-state index is 12.2. The number of aromatic nitrogens is 1. The summed E-state index contributed by atoms with van der Waals surface area (Å²) in [6.45, 7) is 4.09. The van der Waals surface area contributed by atoms with Gasteiger partial charge in [-0.3, -0.25) is 4.79 Å². The molecule has 0 saturated carbocycles. The minimum Gasteiger partial charge on any atom is -0.368 e. The monoisotopic (exact) mass is 301 g/mol. The Balaban J connectivity index is 2.05. The molecule has 0 saturated heterocycles. The van der Waals surface area contributed by atoms with E-state index in [9.17, 15) is 4.79 Å². The zero-order chi connectivity index (χ0) is 15.2. The molecule has 0 radical (unpaired) electrons. The average molecular weight is 301 g/mol. The molecule has 21 heavy (non-hydrogen) atoms. The number of hydrogen-bond donors (Lipinski definition) is 2. The fourth-order valence-corrected chi connectivity index (χ4v) is 2.27. The Kier molecular flexibility index (Phi) is 5.22. The molecular formula is C16H19N3OS. The lowest BCUT2D eigenvalue weighted by atomic mass is 10.2. The topological polar surface area (TPSA) is 54.0 Å². The quantitative estimate of drug-likeness (QED) is 0.823. The first kappa shape index (κ1) is 15.4. The predicted octanol–water partition coefficient (Wildman–Crippen LogP) is 3.88. The predicted molar refractivity (Wildman–Crippen MR) is 89.2 cm³/mol. The van der Waals surface area contributed by atoms with Crippen molar-refractivity contribution >= 4 is 29.2 Å². The maximum Gasteiger partial charge on any atom is 0.257 e. The van der Waals surface area contributed by atoms with Gasteiger partial charge in [-0.1, -0.05) is 6.07 Å². The lowest BCUT2D eigenvalue weighted by Crippen LogP contribution is -2.14. The molecule has 4 nitrogen and oxygen atoms in total. The molecule has 2 rings (SSSR count). The van der Waals surface area contributed by atoms with E-state index in [-0.39, 0.29) is 5.91 Å². The summed E-state index contributed by atoms with van der Waals surface area (Å²) in [5.41, 5.74) is 1.33. The fourth-order valence-electron chi connectivity index (χ4n) is 1.81. The zero-order valence-electron chi connectivity index (χ0n) is 12.4. The number of carbonyl (C=O) groups is 1. The van der Waals surface area contributed by atoms with Crippen LogP contribution in [0.5, 0.6) is 0 Å². The Morgan fingerprint density at radius 1 is 1.24 bits per heavy atom. The highest BCUT2D eigenvalue weighted by Gasteiger charge is 2.07. The van der Waals surface area contributed by atoms with Gasteiger partial charge < -0.3 is 10.6 Å². The molecule has 0 atom stereocenters. The Bertz CT molecular complexity index is 611. The lowest BCUT2D eigenvalue weighted by molar-refractivity contribution is 0.102. The summed E-state index contributed by atoms with van der Waals surface area (Å²) in [7, 11) is 0. The maximum atomic E-state index is 12.2. The van der Waals surface area contributed by atoms with Crippen LogP contribution in [0, 0.1) is 0 Å². The molecule has 0 spiro atoms. The normalized spacial score (nSPS) is 10.5. The summed E-state index contributed by atoms with van der Waals surface area (Å²) < 4.78 is 0. The van der Waals surface area contributed by atoms with Crippen molar-refractivity contribution < 1.29 is 4.79 Å². The van der Waals surface area contributed by atoms with E-state index in [1.165, 1.54) is 0 Å². The van der Waals surface area contributed by atoms with Crippen LogP contribution in [-0.4, -0.2) is 23.2 Å². The fraction of sp³-hybridized carbons (Fsp3) is 0.250. The third-order valence-corrected chi connectivity index (χ3v) is 3.52. The summed E-state index contributed by atoms with van der Waals surface area (Å²) in [4.78, 5) is 17.5. The summed E-state index contributed by atoms with van der Waals surface area (Å²) >= 11 is 1.64. The summed E-state index contributed by atoms with van der Waals surface area (Å²) in [6, 6.07) is 11.7. The van der Waals surface area contributed by atoms with Gasteiger partial charge in [-0.05, 0) is 50.4 Å². The molecule has 1 aromatic carbocycles. The highest BCUT2D eigenvalue weighted by atomic mass is 32.2. The van der Waals surface area contributed by atoms with Crippen LogP contribution in [0.15, 0.2) is 47.5 Å². The number of amides is 1. The number of carbonyl (C=O) groups excluding carboxylic acids is 1. The first-order chi connectivity index (χ1) is 10.1. The van der Waals surface area contributed by atoms with Gasteiger partial charge in [-0.2, -0.15) is 0 Å². The molecule has 5 heteroatoms. The first-order valence-corrected chi connectivity index (χ1v) is 7.99.